The van der Waals surface area contributed by atoms with Gasteiger partial charge in [-0.1, -0.05) is 48.4 Å². The van der Waals surface area contributed by atoms with Crippen molar-refractivity contribution in [1.29, 1.82) is 0 Å². The Morgan fingerprint density at radius 2 is 1.96 bits per heavy atom. The summed E-state index contributed by atoms with van der Waals surface area (Å²) < 4.78 is 6.35. The van der Waals surface area contributed by atoms with Crippen LogP contribution in [0.4, 0.5) is 5.69 Å². The molecule has 0 aliphatic carbocycles. The predicted molar refractivity (Wildman–Crippen MR) is 112 cm³/mol. The highest BCUT2D eigenvalue weighted by Gasteiger charge is 2.54. The van der Waals surface area contributed by atoms with Gasteiger partial charge in [-0.15, -0.1) is 0 Å². The lowest BCUT2D eigenvalue weighted by Gasteiger charge is -2.39. The van der Waals surface area contributed by atoms with E-state index in [1.54, 1.807) is 0 Å². The molecule has 1 amide bonds. The summed E-state index contributed by atoms with van der Waals surface area (Å²) in [5, 5.41) is 0. The van der Waals surface area contributed by atoms with Crippen LogP contribution in [0.5, 0.6) is 0 Å². The third-order valence-electron chi connectivity index (χ3n) is 5.71. The summed E-state index contributed by atoms with van der Waals surface area (Å²) in [6, 6.07) is 8.16. The molecule has 0 unspecified atom stereocenters. The number of rotatable bonds is 5. The van der Waals surface area contributed by atoms with Crippen molar-refractivity contribution in [3.8, 4) is 0 Å². The number of carbonyl (C=O) groups is 1. The zero-order valence-electron chi connectivity index (χ0n) is 17.4. The van der Waals surface area contributed by atoms with E-state index in [2.05, 4.69) is 58.9 Å². The van der Waals surface area contributed by atoms with Gasteiger partial charge in [-0.3, -0.25) is 4.79 Å². The Hall–Kier alpha value is -1.87. The number of hydrogen-bond acceptors (Lipinski definition) is 2. The fourth-order valence-corrected chi connectivity index (χ4v) is 4.50. The lowest BCUT2D eigenvalue weighted by atomic mass is 9.81. The molecule has 0 N–H and O–H groups in total. The maximum Gasteiger partial charge on any atom is 0.264 e. The van der Waals surface area contributed by atoms with Crippen molar-refractivity contribution in [2.45, 2.75) is 72.0 Å². The third kappa shape index (κ3) is 4.03. The first-order valence-corrected chi connectivity index (χ1v) is 10.2. The van der Waals surface area contributed by atoms with Crippen LogP contribution in [0.25, 0.3) is 0 Å². The summed E-state index contributed by atoms with van der Waals surface area (Å²) in [6.45, 7) is 11.3. The Labute approximate surface area is 164 Å². The minimum absolute atomic E-state index is 0.104. The van der Waals surface area contributed by atoms with Gasteiger partial charge in [-0.2, -0.15) is 0 Å². The first-order chi connectivity index (χ1) is 12.8. The van der Waals surface area contributed by atoms with Crippen LogP contribution in [0.1, 0.15) is 65.9 Å². The van der Waals surface area contributed by atoms with Crippen LogP contribution in [-0.4, -0.2) is 18.6 Å². The molecule has 1 aromatic rings. The van der Waals surface area contributed by atoms with Gasteiger partial charge in [0.2, 0.25) is 0 Å². The number of benzene rings is 1. The molecule has 2 aliphatic heterocycles. The zero-order chi connectivity index (χ0) is 19.6. The number of amides is 1. The second-order valence-electron chi connectivity index (χ2n) is 8.60. The van der Waals surface area contributed by atoms with E-state index in [9.17, 15) is 4.79 Å². The van der Waals surface area contributed by atoms with Gasteiger partial charge in [0.1, 0.15) is 0 Å². The molecule has 1 saturated heterocycles. The minimum atomic E-state index is -0.794. The number of nitrogens with zero attached hydrogens (tertiary/aromatic N) is 1. The van der Waals surface area contributed by atoms with Crippen molar-refractivity contribution in [3.05, 3.63) is 53.1 Å². The van der Waals surface area contributed by atoms with Gasteiger partial charge in [0.25, 0.3) is 5.91 Å². The van der Waals surface area contributed by atoms with Gasteiger partial charge in [-0.25, -0.2) is 0 Å². The largest absolute Gasteiger partial charge is 0.357 e. The molecule has 146 valence electrons. The lowest BCUT2D eigenvalue weighted by Crippen LogP contribution is -2.48. The Morgan fingerprint density at radius 3 is 2.67 bits per heavy atom. The number of hydrogen-bond donors (Lipinski definition) is 0. The van der Waals surface area contributed by atoms with Crippen molar-refractivity contribution in [1.82, 2.24) is 0 Å². The van der Waals surface area contributed by atoms with Gasteiger partial charge in [-0.05, 0) is 65.4 Å². The second-order valence-corrected chi connectivity index (χ2v) is 8.60. The summed E-state index contributed by atoms with van der Waals surface area (Å²) in [4.78, 5) is 15.4. The fourth-order valence-electron chi connectivity index (χ4n) is 4.50. The maximum absolute atomic E-state index is 13.5. The van der Waals surface area contributed by atoms with Crippen LogP contribution in [0.3, 0.4) is 0 Å². The second kappa shape index (κ2) is 8.02. The van der Waals surface area contributed by atoms with Crippen molar-refractivity contribution in [3.63, 3.8) is 0 Å². The average molecular weight is 368 g/mol. The molecule has 0 radical (unpaired) electrons. The quantitative estimate of drug-likeness (QED) is 0.620. The van der Waals surface area contributed by atoms with Gasteiger partial charge in [0.15, 0.2) is 5.60 Å². The van der Waals surface area contributed by atoms with Gasteiger partial charge >= 0.3 is 0 Å². The molecule has 1 fully saturated rings. The van der Waals surface area contributed by atoms with Gasteiger partial charge < -0.3 is 9.64 Å². The van der Waals surface area contributed by atoms with E-state index in [0.717, 1.165) is 36.9 Å². The van der Waals surface area contributed by atoms with Crippen molar-refractivity contribution in [2.75, 3.05) is 11.4 Å². The van der Waals surface area contributed by atoms with Crippen LogP contribution < -0.4 is 4.90 Å². The molecule has 27 heavy (non-hydrogen) atoms. The molecule has 0 bridgehead atoms. The van der Waals surface area contributed by atoms with Crippen LogP contribution in [0.15, 0.2) is 47.6 Å². The highest BCUT2D eigenvalue weighted by molar-refractivity contribution is 6.07. The first-order valence-electron chi connectivity index (χ1n) is 10.2. The molecule has 3 atom stereocenters. The monoisotopic (exact) mass is 367 g/mol. The average Bonchev–Trinajstić information content (AvgIpc) is 2.81. The van der Waals surface area contributed by atoms with Crippen LogP contribution in [-0.2, 0) is 15.1 Å². The summed E-state index contributed by atoms with van der Waals surface area (Å²) in [5.74, 6) is 0.586. The number of carbonyl (C=O) groups excluding carboxylic acids is 1. The standard InChI is InChI=1S/C24H33NO2/c1-17(2)9-8-10-18(3)13-14-25-22-12-7-6-11-21(22)24(23(25)26)16-19(4)15-20(5)27-24/h6-7,9,11-13,19-20H,8,10,14-16H2,1-5H3/t19-,20+,24+/m0/s1. The molecule has 3 heteroatoms. The summed E-state index contributed by atoms with van der Waals surface area (Å²) in [7, 11) is 0. The normalized spacial score (nSPS) is 27.8. The van der Waals surface area contributed by atoms with E-state index in [0.29, 0.717) is 12.5 Å². The Kier molecular flexibility index (Phi) is 5.90. The van der Waals surface area contributed by atoms with Crippen LogP contribution in [0.2, 0.25) is 0 Å². The number of ether oxygens (including phenoxy) is 1. The molecule has 1 aromatic carbocycles. The maximum atomic E-state index is 13.5. The SMILES string of the molecule is CC(C)=CCCC(C)=CCN1C(=O)[C@@]2(C[C@@H](C)C[C@@H](C)O2)c2ccccc21. The molecule has 2 heterocycles. The highest BCUT2D eigenvalue weighted by Crippen LogP contribution is 2.50. The third-order valence-corrected chi connectivity index (χ3v) is 5.71. The van der Waals surface area contributed by atoms with Crippen molar-refractivity contribution >= 4 is 11.6 Å². The first kappa shape index (κ1) is 19.9. The topological polar surface area (TPSA) is 29.5 Å². The molecule has 2 aliphatic rings. The van der Waals surface area contributed by atoms with Gasteiger partial charge in [0.05, 0.1) is 11.8 Å². The number of para-hydroxylation sites is 1. The van der Waals surface area contributed by atoms with Gasteiger partial charge in [0, 0.05) is 12.1 Å². The fraction of sp³-hybridized carbons (Fsp3) is 0.542. The summed E-state index contributed by atoms with van der Waals surface area (Å²) in [6.07, 6.45) is 8.44. The highest BCUT2D eigenvalue weighted by atomic mass is 16.5. The smallest absolute Gasteiger partial charge is 0.264 e. The molecular formula is C24H33NO2. The summed E-state index contributed by atoms with van der Waals surface area (Å²) in [5.41, 5.74) is 3.94. The lowest BCUT2D eigenvalue weighted by molar-refractivity contribution is -0.167. The molecule has 1 spiro atoms. The molecule has 0 saturated carbocycles. The van der Waals surface area contributed by atoms with Crippen molar-refractivity contribution in [2.24, 2.45) is 5.92 Å². The summed E-state index contributed by atoms with van der Waals surface area (Å²) >= 11 is 0. The van der Waals surface area contributed by atoms with E-state index in [1.165, 1.54) is 11.1 Å². The molecule has 0 aromatic heterocycles. The number of fused-ring (bicyclic) bond motifs is 2. The molecular weight excluding hydrogens is 334 g/mol. The minimum Gasteiger partial charge on any atom is -0.357 e. The van der Waals surface area contributed by atoms with E-state index in [4.69, 9.17) is 4.74 Å². The van der Waals surface area contributed by atoms with E-state index >= 15 is 0 Å². The predicted octanol–water partition coefficient (Wildman–Crippen LogP) is 5.76. The number of anilines is 1. The molecule has 3 nitrogen and oxygen atoms in total. The Morgan fingerprint density at radius 1 is 1.22 bits per heavy atom. The Bertz CT molecular complexity index is 747. The van der Waals surface area contributed by atoms with E-state index < -0.39 is 5.60 Å². The van der Waals surface area contributed by atoms with Crippen LogP contribution in [0, 0.1) is 5.92 Å². The Balaban J connectivity index is 1.83. The molecule has 3 rings (SSSR count). The zero-order valence-corrected chi connectivity index (χ0v) is 17.4. The van der Waals surface area contributed by atoms with Crippen molar-refractivity contribution < 1.29 is 9.53 Å². The van der Waals surface area contributed by atoms with Crippen LogP contribution >= 0.6 is 0 Å². The van der Waals surface area contributed by atoms with E-state index in [1.807, 2.05) is 17.0 Å². The number of allylic oxidation sites excluding steroid dienone is 3. The van der Waals surface area contributed by atoms with E-state index in [-0.39, 0.29) is 12.0 Å².